The molecular formula is C19H25NO. The Labute approximate surface area is 128 Å². The molecule has 21 heavy (non-hydrogen) atoms. The summed E-state index contributed by atoms with van der Waals surface area (Å²) in [4.78, 5) is 0. The summed E-state index contributed by atoms with van der Waals surface area (Å²) in [6, 6.07) is 15.2. The molecule has 0 aromatic heterocycles. The third kappa shape index (κ3) is 4.61. The quantitative estimate of drug-likeness (QED) is 0.818. The molecule has 0 bridgehead atoms. The van der Waals surface area contributed by atoms with Gasteiger partial charge in [-0.25, -0.2) is 0 Å². The standard InChI is InChI=1S/C19H25NO/c1-5-16-6-9-18(10-7-16)21-19-11-8-17(12-15(19)4)13-20-14(2)3/h6-12,14,20H,5,13H2,1-4H3. The first-order valence-electron chi connectivity index (χ1n) is 7.68. The molecule has 0 saturated carbocycles. The molecule has 0 aliphatic heterocycles. The zero-order chi connectivity index (χ0) is 15.2. The van der Waals surface area contributed by atoms with Gasteiger partial charge in [0, 0.05) is 12.6 Å². The van der Waals surface area contributed by atoms with Gasteiger partial charge in [-0.2, -0.15) is 0 Å². The molecule has 0 spiro atoms. The Hall–Kier alpha value is -1.80. The number of hydrogen-bond acceptors (Lipinski definition) is 2. The lowest BCUT2D eigenvalue weighted by molar-refractivity contribution is 0.478. The van der Waals surface area contributed by atoms with Crippen molar-refractivity contribution in [3.63, 3.8) is 0 Å². The van der Waals surface area contributed by atoms with Crippen LogP contribution in [0.3, 0.4) is 0 Å². The van der Waals surface area contributed by atoms with Crippen LogP contribution in [0.15, 0.2) is 42.5 Å². The third-order valence-electron chi connectivity index (χ3n) is 3.51. The second-order valence-electron chi connectivity index (χ2n) is 5.74. The largest absolute Gasteiger partial charge is 0.457 e. The van der Waals surface area contributed by atoms with Gasteiger partial charge in [-0.1, -0.05) is 45.0 Å². The van der Waals surface area contributed by atoms with Gasteiger partial charge < -0.3 is 10.1 Å². The Kier molecular flexibility index (Phi) is 5.40. The summed E-state index contributed by atoms with van der Waals surface area (Å²) in [7, 11) is 0. The maximum absolute atomic E-state index is 5.97. The third-order valence-corrected chi connectivity index (χ3v) is 3.51. The van der Waals surface area contributed by atoms with Gasteiger partial charge in [0.05, 0.1) is 0 Å². The van der Waals surface area contributed by atoms with Crippen molar-refractivity contribution in [1.82, 2.24) is 5.32 Å². The van der Waals surface area contributed by atoms with Crippen LogP contribution in [-0.2, 0) is 13.0 Å². The summed E-state index contributed by atoms with van der Waals surface area (Å²) >= 11 is 0. The molecule has 2 nitrogen and oxygen atoms in total. The zero-order valence-electron chi connectivity index (χ0n) is 13.4. The van der Waals surface area contributed by atoms with Gasteiger partial charge in [0.25, 0.3) is 0 Å². The predicted molar refractivity (Wildman–Crippen MR) is 89.0 cm³/mol. The normalized spacial score (nSPS) is 10.9. The van der Waals surface area contributed by atoms with E-state index in [0.29, 0.717) is 6.04 Å². The Balaban J connectivity index is 2.06. The maximum atomic E-state index is 5.97. The molecule has 0 aliphatic rings. The highest BCUT2D eigenvalue weighted by molar-refractivity contribution is 5.40. The first-order valence-corrected chi connectivity index (χ1v) is 7.68. The van der Waals surface area contributed by atoms with Gasteiger partial charge in [-0.05, 0) is 48.2 Å². The Morgan fingerprint density at radius 1 is 1.00 bits per heavy atom. The summed E-state index contributed by atoms with van der Waals surface area (Å²) in [5.74, 6) is 1.82. The second-order valence-corrected chi connectivity index (χ2v) is 5.74. The average molecular weight is 283 g/mol. The molecule has 2 rings (SSSR count). The lowest BCUT2D eigenvalue weighted by Gasteiger charge is -2.12. The SMILES string of the molecule is CCc1ccc(Oc2ccc(CNC(C)C)cc2C)cc1. The van der Waals surface area contributed by atoms with E-state index in [1.165, 1.54) is 11.1 Å². The summed E-state index contributed by atoms with van der Waals surface area (Å²) in [6.45, 7) is 9.46. The Bertz CT molecular complexity index is 573. The number of hydrogen-bond donors (Lipinski definition) is 1. The summed E-state index contributed by atoms with van der Waals surface area (Å²) < 4.78 is 5.97. The van der Waals surface area contributed by atoms with Crippen LogP contribution in [0.4, 0.5) is 0 Å². The number of ether oxygens (including phenoxy) is 1. The van der Waals surface area contributed by atoms with Gasteiger partial charge in [-0.15, -0.1) is 0 Å². The molecule has 0 saturated heterocycles. The number of nitrogens with one attached hydrogen (secondary N) is 1. The van der Waals surface area contributed by atoms with E-state index in [0.717, 1.165) is 30.0 Å². The maximum Gasteiger partial charge on any atom is 0.130 e. The van der Waals surface area contributed by atoms with Crippen molar-refractivity contribution in [3.05, 3.63) is 59.2 Å². The minimum Gasteiger partial charge on any atom is -0.457 e. The fourth-order valence-corrected chi connectivity index (χ4v) is 2.18. The van der Waals surface area contributed by atoms with Crippen molar-refractivity contribution >= 4 is 0 Å². The predicted octanol–water partition coefficient (Wildman–Crippen LogP) is 4.85. The molecule has 0 unspecified atom stereocenters. The molecule has 2 aromatic carbocycles. The van der Waals surface area contributed by atoms with Crippen LogP contribution in [0.25, 0.3) is 0 Å². The highest BCUT2D eigenvalue weighted by Crippen LogP contribution is 2.26. The van der Waals surface area contributed by atoms with Crippen LogP contribution in [-0.4, -0.2) is 6.04 Å². The minimum absolute atomic E-state index is 0.498. The van der Waals surface area contributed by atoms with Crippen LogP contribution in [0.1, 0.15) is 37.5 Å². The zero-order valence-corrected chi connectivity index (χ0v) is 13.4. The highest BCUT2D eigenvalue weighted by Gasteiger charge is 2.04. The first-order chi connectivity index (χ1) is 10.1. The van der Waals surface area contributed by atoms with Crippen molar-refractivity contribution in [3.8, 4) is 11.5 Å². The smallest absolute Gasteiger partial charge is 0.130 e. The monoisotopic (exact) mass is 283 g/mol. The minimum atomic E-state index is 0.498. The van der Waals surface area contributed by atoms with Gasteiger partial charge in [0.2, 0.25) is 0 Å². The molecule has 0 heterocycles. The van der Waals surface area contributed by atoms with Gasteiger partial charge in [-0.3, -0.25) is 0 Å². The van der Waals surface area contributed by atoms with Gasteiger partial charge >= 0.3 is 0 Å². The first kappa shape index (κ1) is 15.6. The van der Waals surface area contributed by atoms with E-state index in [4.69, 9.17) is 4.74 Å². The van der Waals surface area contributed by atoms with Crippen molar-refractivity contribution in [1.29, 1.82) is 0 Å². The van der Waals surface area contributed by atoms with E-state index >= 15 is 0 Å². The second kappa shape index (κ2) is 7.28. The van der Waals surface area contributed by atoms with Gasteiger partial charge in [0.15, 0.2) is 0 Å². The van der Waals surface area contributed by atoms with Crippen molar-refractivity contribution in [2.24, 2.45) is 0 Å². The molecular weight excluding hydrogens is 258 g/mol. The van der Waals surface area contributed by atoms with Crippen LogP contribution >= 0.6 is 0 Å². The molecule has 0 atom stereocenters. The Morgan fingerprint density at radius 3 is 2.24 bits per heavy atom. The summed E-state index contributed by atoms with van der Waals surface area (Å²) in [5.41, 5.74) is 3.78. The van der Waals surface area contributed by atoms with E-state index in [-0.39, 0.29) is 0 Å². The molecule has 112 valence electrons. The fourth-order valence-electron chi connectivity index (χ4n) is 2.18. The summed E-state index contributed by atoms with van der Waals surface area (Å²) in [5, 5.41) is 3.43. The molecule has 2 aromatic rings. The van der Waals surface area contributed by atoms with E-state index < -0.39 is 0 Å². The van der Waals surface area contributed by atoms with Crippen LogP contribution < -0.4 is 10.1 Å². The molecule has 1 N–H and O–H groups in total. The van der Waals surface area contributed by atoms with Crippen molar-refractivity contribution < 1.29 is 4.74 Å². The molecule has 0 amide bonds. The number of aryl methyl sites for hydroxylation is 2. The van der Waals surface area contributed by atoms with E-state index in [1.54, 1.807) is 0 Å². The van der Waals surface area contributed by atoms with Crippen molar-refractivity contribution in [2.75, 3.05) is 0 Å². The van der Waals surface area contributed by atoms with Crippen LogP contribution in [0.2, 0.25) is 0 Å². The van der Waals surface area contributed by atoms with E-state index in [2.05, 4.69) is 63.3 Å². The number of rotatable bonds is 6. The lowest BCUT2D eigenvalue weighted by atomic mass is 10.1. The molecule has 0 radical (unpaired) electrons. The van der Waals surface area contributed by atoms with Crippen LogP contribution in [0, 0.1) is 6.92 Å². The van der Waals surface area contributed by atoms with Crippen LogP contribution in [0.5, 0.6) is 11.5 Å². The van der Waals surface area contributed by atoms with E-state index in [1.807, 2.05) is 12.1 Å². The molecule has 2 heteroatoms. The van der Waals surface area contributed by atoms with E-state index in [9.17, 15) is 0 Å². The Morgan fingerprint density at radius 2 is 1.67 bits per heavy atom. The highest BCUT2D eigenvalue weighted by atomic mass is 16.5. The lowest BCUT2D eigenvalue weighted by Crippen LogP contribution is -2.21. The molecule has 0 aliphatic carbocycles. The average Bonchev–Trinajstić information content (AvgIpc) is 2.48. The summed E-state index contributed by atoms with van der Waals surface area (Å²) in [6.07, 6.45) is 1.05. The van der Waals surface area contributed by atoms with Crippen molar-refractivity contribution in [2.45, 2.75) is 46.7 Å². The van der Waals surface area contributed by atoms with Gasteiger partial charge in [0.1, 0.15) is 11.5 Å². The molecule has 0 fully saturated rings. The number of benzene rings is 2. The topological polar surface area (TPSA) is 21.3 Å². The fraction of sp³-hybridized carbons (Fsp3) is 0.368.